The van der Waals surface area contributed by atoms with Crippen molar-refractivity contribution in [1.29, 1.82) is 0 Å². The Morgan fingerprint density at radius 2 is 2.25 bits per heavy atom. The maximum absolute atomic E-state index is 5.85. The van der Waals surface area contributed by atoms with Gasteiger partial charge in [0.05, 0.1) is 18.2 Å². The molecule has 1 saturated carbocycles. The topological polar surface area (TPSA) is 68.2 Å². The second-order valence-electron chi connectivity index (χ2n) is 4.98. The number of thiophene rings is 1. The van der Waals surface area contributed by atoms with Gasteiger partial charge in [-0.15, -0.1) is 11.3 Å². The molecule has 0 radical (unpaired) electrons. The first-order valence-electron chi connectivity index (χ1n) is 6.61. The number of nitrogens with two attached hydrogens (primary N) is 1. The molecule has 5 nitrogen and oxygen atoms in total. The van der Waals surface area contributed by atoms with Crippen LogP contribution in [0.2, 0.25) is 0 Å². The number of nitrogens with zero attached hydrogens (tertiary/aromatic N) is 3. The Hall–Kier alpha value is -2.08. The molecule has 20 heavy (non-hydrogen) atoms. The lowest BCUT2D eigenvalue weighted by atomic mass is 10.3. The molecule has 1 fully saturated rings. The number of fused-ring (bicyclic) bond motifs is 1. The number of hydrogen-bond acceptors (Lipinski definition) is 6. The van der Waals surface area contributed by atoms with Crippen LogP contribution in [0.3, 0.4) is 0 Å². The summed E-state index contributed by atoms with van der Waals surface area (Å²) in [7, 11) is 0. The summed E-state index contributed by atoms with van der Waals surface area (Å²) in [5.74, 6) is 2.20. The van der Waals surface area contributed by atoms with Gasteiger partial charge in [0.2, 0.25) is 5.95 Å². The van der Waals surface area contributed by atoms with E-state index in [1.165, 1.54) is 12.8 Å². The van der Waals surface area contributed by atoms with Crippen molar-refractivity contribution in [2.75, 3.05) is 10.6 Å². The van der Waals surface area contributed by atoms with Crippen molar-refractivity contribution < 1.29 is 4.42 Å². The Labute approximate surface area is 120 Å². The Morgan fingerprint density at radius 3 is 3.00 bits per heavy atom. The van der Waals surface area contributed by atoms with E-state index in [0.717, 1.165) is 28.3 Å². The van der Waals surface area contributed by atoms with Crippen molar-refractivity contribution in [2.24, 2.45) is 0 Å². The Morgan fingerprint density at radius 1 is 1.35 bits per heavy atom. The van der Waals surface area contributed by atoms with E-state index in [0.29, 0.717) is 12.0 Å². The van der Waals surface area contributed by atoms with Crippen LogP contribution in [0.5, 0.6) is 0 Å². The van der Waals surface area contributed by atoms with E-state index in [9.17, 15) is 0 Å². The molecule has 3 aromatic rings. The van der Waals surface area contributed by atoms with Crippen LogP contribution in [0.25, 0.3) is 10.2 Å². The largest absolute Gasteiger partial charge is 0.467 e. The molecule has 0 bridgehead atoms. The number of nitrogen functional groups attached to an aromatic ring is 1. The van der Waals surface area contributed by atoms with Crippen LogP contribution in [0.15, 0.2) is 34.3 Å². The molecule has 0 unspecified atom stereocenters. The molecule has 3 aromatic heterocycles. The summed E-state index contributed by atoms with van der Waals surface area (Å²) in [4.78, 5) is 12.0. The van der Waals surface area contributed by atoms with Gasteiger partial charge in [0, 0.05) is 6.04 Å². The molecule has 0 spiro atoms. The maximum Gasteiger partial charge on any atom is 0.223 e. The normalized spacial score (nSPS) is 14.8. The molecule has 0 amide bonds. The van der Waals surface area contributed by atoms with E-state index < -0.39 is 0 Å². The molecule has 6 heteroatoms. The van der Waals surface area contributed by atoms with E-state index in [1.807, 2.05) is 17.5 Å². The quantitative estimate of drug-likeness (QED) is 0.798. The Bertz CT molecular complexity index is 733. The van der Waals surface area contributed by atoms with Crippen LogP contribution in [0, 0.1) is 0 Å². The van der Waals surface area contributed by atoms with E-state index in [4.69, 9.17) is 10.2 Å². The fourth-order valence-electron chi connectivity index (χ4n) is 2.41. The van der Waals surface area contributed by atoms with Crippen LogP contribution < -0.4 is 10.6 Å². The van der Waals surface area contributed by atoms with Crippen LogP contribution in [-0.2, 0) is 6.54 Å². The number of anilines is 2. The van der Waals surface area contributed by atoms with E-state index >= 15 is 0 Å². The van der Waals surface area contributed by atoms with Gasteiger partial charge >= 0.3 is 0 Å². The highest BCUT2D eigenvalue weighted by Gasteiger charge is 2.32. The first kappa shape index (κ1) is 11.7. The average molecular weight is 286 g/mol. The lowest BCUT2D eigenvalue weighted by Crippen LogP contribution is -2.26. The lowest BCUT2D eigenvalue weighted by Gasteiger charge is -2.23. The fourth-order valence-corrected chi connectivity index (χ4v) is 3.17. The van der Waals surface area contributed by atoms with Gasteiger partial charge in [-0.2, -0.15) is 4.98 Å². The number of furan rings is 1. The second-order valence-corrected chi connectivity index (χ2v) is 5.88. The molecule has 102 valence electrons. The van der Waals surface area contributed by atoms with Crippen molar-refractivity contribution in [3.8, 4) is 0 Å². The van der Waals surface area contributed by atoms with Gasteiger partial charge in [0.15, 0.2) is 0 Å². The lowest BCUT2D eigenvalue weighted by molar-refractivity contribution is 0.500. The van der Waals surface area contributed by atoms with Gasteiger partial charge in [-0.25, -0.2) is 4.98 Å². The first-order valence-corrected chi connectivity index (χ1v) is 7.49. The smallest absolute Gasteiger partial charge is 0.223 e. The van der Waals surface area contributed by atoms with Crippen LogP contribution in [0.1, 0.15) is 18.6 Å². The molecule has 4 rings (SSSR count). The zero-order chi connectivity index (χ0) is 13.5. The predicted molar refractivity (Wildman–Crippen MR) is 79.7 cm³/mol. The minimum Gasteiger partial charge on any atom is -0.467 e. The summed E-state index contributed by atoms with van der Waals surface area (Å²) in [5.41, 5.74) is 5.85. The second kappa shape index (κ2) is 4.49. The van der Waals surface area contributed by atoms with Gasteiger partial charge in [-0.05, 0) is 36.4 Å². The molecular weight excluding hydrogens is 272 g/mol. The van der Waals surface area contributed by atoms with Gasteiger partial charge in [-0.1, -0.05) is 0 Å². The van der Waals surface area contributed by atoms with Crippen molar-refractivity contribution >= 4 is 33.3 Å². The zero-order valence-corrected chi connectivity index (χ0v) is 11.6. The third-order valence-corrected chi connectivity index (χ3v) is 4.29. The fraction of sp³-hybridized carbons (Fsp3) is 0.286. The summed E-state index contributed by atoms with van der Waals surface area (Å²) in [6.45, 7) is 0.721. The Balaban J connectivity index is 1.79. The SMILES string of the molecule is Nc1nc(N(Cc2ccco2)C2CC2)c2ccsc2n1. The molecule has 1 aliphatic rings. The number of hydrogen-bond donors (Lipinski definition) is 1. The van der Waals surface area contributed by atoms with Gasteiger partial charge < -0.3 is 15.1 Å². The van der Waals surface area contributed by atoms with Gasteiger partial charge in [0.25, 0.3) is 0 Å². The molecule has 0 saturated heterocycles. The van der Waals surface area contributed by atoms with Crippen molar-refractivity contribution in [3.63, 3.8) is 0 Å². The molecule has 1 aliphatic carbocycles. The summed E-state index contributed by atoms with van der Waals surface area (Å²) in [6, 6.07) is 6.49. The van der Waals surface area contributed by atoms with Crippen LogP contribution in [0.4, 0.5) is 11.8 Å². The highest BCUT2D eigenvalue weighted by Crippen LogP contribution is 2.37. The van der Waals surface area contributed by atoms with Gasteiger partial charge in [0.1, 0.15) is 16.4 Å². The van der Waals surface area contributed by atoms with Crippen LogP contribution in [-0.4, -0.2) is 16.0 Å². The number of aromatic nitrogens is 2. The average Bonchev–Trinajstić information content (AvgIpc) is 2.96. The molecule has 0 aliphatic heterocycles. The van der Waals surface area contributed by atoms with Crippen molar-refractivity contribution in [2.45, 2.75) is 25.4 Å². The minimum absolute atomic E-state index is 0.333. The molecule has 0 atom stereocenters. The predicted octanol–water partition coefficient (Wildman–Crippen LogP) is 3.04. The van der Waals surface area contributed by atoms with Crippen LogP contribution >= 0.6 is 11.3 Å². The summed E-state index contributed by atoms with van der Waals surface area (Å²) in [6.07, 6.45) is 4.08. The highest BCUT2D eigenvalue weighted by molar-refractivity contribution is 7.16. The molecule has 2 N–H and O–H groups in total. The summed E-state index contributed by atoms with van der Waals surface area (Å²) < 4.78 is 5.47. The molecular formula is C14H14N4OS. The molecule has 0 aromatic carbocycles. The van der Waals surface area contributed by atoms with E-state index in [2.05, 4.69) is 20.9 Å². The Kier molecular flexibility index (Phi) is 2.63. The van der Waals surface area contributed by atoms with Gasteiger partial charge in [-0.3, -0.25) is 0 Å². The number of rotatable bonds is 4. The third kappa shape index (κ3) is 2.02. The summed E-state index contributed by atoms with van der Waals surface area (Å²) >= 11 is 1.59. The van der Waals surface area contributed by atoms with Crippen molar-refractivity contribution in [3.05, 3.63) is 35.6 Å². The van der Waals surface area contributed by atoms with E-state index in [1.54, 1.807) is 17.6 Å². The monoisotopic (exact) mass is 286 g/mol. The van der Waals surface area contributed by atoms with E-state index in [-0.39, 0.29) is 0 Å². The molecule has 3 heterocycles. The zero-order valence-electron chi connectivity index (χ0n) is 10.8. The standard InChI is InChI=1S/C14H14N4OS/c15-14-16-12(11-5-7-20-13(11)17-14)18(9-3-4-9)8-10-2-1-6-19-10/h1-2,5-7,9H,3-4,8H2,(H2,15,16,17). The maximum atomic E-state index is 5.85. The summed E-state index contributed by atoms with van der Waals surface area (Å²) in [5, 5.41) is 3.10. The minimum atomic E-state index is 0.333. The first-order chi connectivity index (χ1) is 9.81. The third-order valence-electron chi connectivity index (χ3n) is 3.49. The van der Waals surface area contributed by atoms with Crippen molar-refractivity contribution in [1.82, 2.24) is 9.97 Å². The highest BCUT2D eigenvalue weighted by atomic mass is 32.1.